The van der Waals surface area contributed by atoms with E-state index in [1.807, 2.05) is 45.0 Å². The second-order valence-corrected chi connectivity index (χ2v) is 14.4. The number of aromatic nitrogens is 2. The number of carbonyl (C=O) groups excluding carboxylic acids is 3. The Hall–Kier alpha value is -3.18. The number of nitrogens with one attached hydrogen (secondary N) is 2. The lowest BCUT2D eigenvalue weighted by atomic mass is 9.66. The highest BCUT2D eigenvalue weighted by Gasteiger charge is 2.56. The van der Waals surface area contributed by atoms with Gasteiger partial charge in [0.2, 0.25) is 0 Å². The van der Waals surface area contributed by atoms with Crippen LogP contribution in [0.25, 0.3) is 0 Å². The average molecular weight is 655 g/mol. The number of hydrogen-bond donors (Lipinski definition) is 2. The molecule has 252 valence electrons. The SMILES string of the molecule is CCCCC(CC)COC(=O)CCSc1cnc(C2c3ccccc3[C@@H](NC(=O)OC(C)(C)C)C23CCNCC3)c(C(=O)OC)n1. The van der Waals surface area contributed by atoms with Crippen molar-refractivity contribution in [3.05, 3.63) is 53.0 Å². The maximum Gasteiger partial charge on any atom is 0.408 e. The molecule has 2 aromatic rings. The molecule has 0 bridgehead atoms. The van der Waals surface area contributed by atoms with Gasteiger partial charge >= 0.3 is 18.0 Å². The van der Waals surface area contributed by atoms with Crippen molar-refractivity contribution < 1.29 is 28.6 Å². The van der Waals surface area contributed by atoms with E-state index in [9.17, 15) is 14.4 Å². The fraction of sp³-hybridized carbons (Fsp3) is 0.629. The Labute approximate surface area is 277 Å². The van der Waals surface area contributed by atoms with E-state index in [0.717, 1.165) is 62.7 Å². The van der Waals surface area contributed by atoms with Gasteiger partial charge in [-0.2, -0.15) is 0 Å². The van der Waals surface area contributed by atoms with Gasteiger partial charge in [-0.05, 0) is 70.2 Å². The third kappa shape index (κ3) is 8.59. The van der Waals surface area contributed by atoms with Gasteiger partial charge in [-0.1, -0.05) is 57.4 Å². The van der Waals surface area contributed by atoms with Crippen LogP contribution in [0.4, 0.5) is 4.79 Å². The predicted molar refractivity (Wildman–Crippen MR) is 178 cm³/mol. The van der Waals surface area contributed by atoms with Crippen molar-refractivity contribution >= 4 is 29.8 Å². The summed E-state index contributed by atoms with van der Waals surface area (Å²) in [4.78, 5) is 48.5. The van der Waals surface area contributed by atoms with Crippen molar-refractivity contribution in [3.8, 4) is 0 Å². The first kappa shape index (κ1) is 35.7. The van der Waals surface area contributed by atoms with Crippen LogP contribution >= 0.6 is 11.8 Å². The van der Waals surface area contributed by atoms with E-state index >= 15 is 0 Å². The molecule has 1 saturated heterocycles. The van der Waals surface area contributed by atoms with E-state index in [0.29, 0.717) is 29.0 Å². The van der Waals surface area contributed by atoms with Crippen molar-refractivity contribution in [3.63, 3.8) is 0 Å². The van der Waals surface area contributed by atoms with Gasteiger partial charge in [0.25, 0.3) is 0 Å². The van der Waals surface area contributed by atoms with E-state index in [-0.39, 0.29) is 30.0 Å². The number of fused-ring (bicyclic) bond motifs is 1. The molecule has 2 aliphatic rings. The average Bonchev–Trinajstić information content (AvgIpc) is 3.27. The monoisotopic (exact) mass is 654 g/mol. The highest BCUT2D eigenvalue weighted by molar-refractivity contribution is 7.99. The number of ether oxygens (including phenoxy) is 3. The second kappa shape index (κ2) is 16.1. The van der Waals surface area contributed by atoms with Gasteiger partial charge in [0.15, 0.2) is 5.69 Å². The van der Waals surface area contributed by atoms with Crippen LogP contribution in [-0.4, -0.2) is 66.2 Å². The summed E-state index contributed by atoms with van der Waals surface area (Å²) in [5, 5.41) is 7.17. The number of carbonyl (C=O) groups is 3. The van der Waals surface area contributed by atoms with Crippen LogP contribution in [0.5, 0.6) is 0 Å². The summed E-state index contributed by atoms with van der Waals surface area (Å²) in [5.74, 6) is -0.296. The van der Waals surface area contributed by atoms with Gasteiger partial charge in [-0.3, -0.25) is 9.78 Å². The molecule has 11 heteroatoms. The van der Waals surface area contributed by atoms with Crippen LogP contribution in [0.2, 0.25) is 0 Å². The van der Waals surface area contributed by atoms with Crippen LogP contribution in [-0.2, 0) is 19.0 Å². The largest absolute Gasteiger partial charge is 0.465 e. The first-order valence-electron chi connectivity index (χ1n) is 16.6. The molecule has 0 radical (unpaired) electrons. The van der Waals surface area contributed by atoms with Crippen LogP contribution < -0.4 is 10.6 Å². The minimum absolute atomic E-state index is 0.146. The van der Waals surface area contributed by atoms with Crippen molar-refractivity contribution in [2.24, 2.45) is 11.3 Å². The summed E-state index contributed by atoms with van der Waals surface area (Å²) in [6.45, 7) is 11.8. The van der Waals surface area contributed by atoms with Crippen molar-refractivity contribution in [1.82, 2.24) is 20.6 Å². The molecule has 1 aliphatic heterocycles. The fourth-order valence-corrected chi connectivity index (χ4v) is 7.45. The third-order valence-electron chi connectivity index (χ3n) is 8.97. The van der Waals surface area contributed by atoms with Gasteiger partial charge in [0.1, 0.15) is 10.6 Å². The molecule has 1 spiro atoms. The fourth-order valence-electron chi connectivity index (χ4n) is 6.69. The Morgan fingerprint density at radius 3 is 2.50 bits per heavy atom. The summed E-state index contributed by atoms with van der Waals surface area (Å²) in [6, 6.07) is 7.65. The number of esters is 2. The highest BCUT2D eigenvalue weighted by Crippen LogP contribution is 2.61. The minimum Gasteiger partial charge on any atom is -0.465 e. The Morgan fingerprint density at radius 2 is 1.85 bits per heavy atom. The van der Waals surface area contributed by atoms with E-state index in [2.05, 4.69) is 24.5 Å². The van der Waals surface area contributed by atoms with Crippen LogP contribution in [0.3, 0.4) is 0 Å². The number of piperidine rings is 1. The molecule has 1 aromatic carbocycles. The summed E-state index contributed by atoms with van der Waals surface area (Å²) in [6.07, 6.45) is 7.21. The molecule has 10 nitrogen and oxygen atoms in total. The zero-order chi connectivity index (χ0) is 33.3. The van der Waals surface area contributed by atoms with Gasteiger partial charge in [-0.25, -0.2) is 14.6 Å². The van der Waals surface area contributed by atoms with Gasteiger partial charge in [0.05, 0.1) is 38.1 Å². The van der Waals surface area contributed by atoms with Crippen LogP contribution in [0.1, 0.15) is 119 Å². The molecule has 0 saturated carbocycles. The summed E-state index contributed by atoms with van der Waals surface area (Å²) >= 11 is 1.36. The van der Waals surface area contributed by atoms with E-state index in [1.54, 1.807) is 6.20 Å². The van der Waals surface area contributed by atoms with Crippen molar-refractivity contribution in [2.75, 3.05) is 32.6 Å². The number of unbranched alkanes of at least 4 members (excludes halogenated alkanes) is 1. The second-order valence-electron chi connectivity index (χ2n) is 13.3. The van der Waals surface area contributed by atoms with Crippen molar-refractivity contribution in [1.29, 1.82) is 0 Å². The van der Waals surface area contributed by atoms with Crippen LogP contribution in [0.15, 0.2) is 35.5 Å². The van der Waals surface area contributed by atoms with Gasteiger partial charge in [0, 0.05) is 17.1 Å². The molecular formula is C35H50N4O6S. The number of hydrogen-bond acceptors (Lipinski definition) is 10. The van der Waals surface area contributed by atoms with Crippen molar-refractivity contribution in [2.45, 2.75) is 102 Å². The zero-order valence-corrected chi connectivity index (χ0v) is 29.0. The maximum atomic E-state index is 13.3. The Bertz CT molecular complexity index is 1360. The Morgan fingerprint density at radius 1 is 1.13 bits per heavy atom. The standard InChI is InChI=1S/C35H50N4O6S/c1-7-9-12-23(8-2)22-44-27(40)15-20-46-26-21-37-29(30(38-26)32(41)43-6)28-24-13-10-11-14-25(24)31(35(28)16-18-36-19-17-35)39-33(42)45-34(3,4)5/h10-11,13-14,21,23,28,31,36H,7-9,12,15-20,22H2,1-6H3,(H,39,42)/t23?,28?,31-/m1/s1. The number of alkyl carbamates (subject to hydrolysis) is 1. The summed E-state index contributed by atoms with van der Waals surface area (Å²) < 4.78 is 16.4. The quantitative estimate of drug-likeness (QED) is 0.139. The molecular weight excluding hydrogens is 604 g/mol. The molecule has 2 heterocycles. The predicted octanol–water partition coefficient (Wildman–Crippen LogP) is 6.59. The maximum absolute atomic E-state index is 13.3. The first-order valence-corrected chi connectivity index (χ1v) is 17.5. The van der Waals surface area contributed by atoms with E-state index < -0.39 is 23.1 Å². The lowest BCUT2D eigenvalue weighted by Gasteiger charge is -2.44. The molecule has 2 N–H and O–H groups in total. The molecule has 1 amide bonds. The number of amides is 1. The Kier molecular flexibility index (Phi) is 12.5. The minimum atomic E-state index is -0.650. The summed E-state index contributed by atoms with van der Waals surface area (Å²) in [7, 11) is 1.34. The molecule has 2 unspecified atom stereocenters. The number of rotatable bonds is 13. The topological polar surface area (TPSA) is 129 Å². The highest BCUT2D eigenvalue weighted by atomic mass is 32.2. The third-order valence-corrected chi connectivity index (χ3v) is 9.87. The molecule has 1 fully saturated rings. The lowest BCUT2D eigenvalue weighted by Crippen LogP contribution is -2.48. The normalized spacial score (nSPS) is 19.3. The molecule has 46 heavy (non-hydrogen) atoms. The van der Waals surface area contributed by atoms with Crippen LogP contribution in [0, 0.1) is 11.3 Å². The number of thioether (sulfide) groups is 1. The zero-order valence-electron chi connectivity index (χ0n) is 28.1. The van der Waals surface area contributed by atoms with Gasteiger partial charge < -0.3 is 24.8 Å². The number of methoxy groups -OCH3 is 1. The molecule has 3 atom stereocenters. The number of benzene rings is 1. The molecule has 1 aliphatic carbocycles. The number of nitrogens with zero attached hydrogens (tertiary/aromatic N) is 2. The smallest absolute Gasteiger partial charge is 0.408 e. The van der Waals surface area contributed by atoms with E-state index in [1.165, 1.54) is 18.9 Å². The Balaban J connectivity index is 1.59. The molecule has 1 aromatic heterocycles. The first-order chi connectivity index (χ1) is 22.0. The van der Waals surface area contributed by atoms with Gasteiger partial charge in [-0.15, -0.1) is 11.8 Å². The summed E-state index contributed by atoms with van der Waals surface area (Å²) in [5.41, 5.74) is 1.52. The molecule has 4 rings (SSSR count). The van der Waals surface area contributed by atoms with E-state index in [4.69, 9.17) is 24.2 Å². The lowest BCUT2D eigenvalue weighted by molar-refractivity contribution is -0.144.